The highest BCUT2D eigenvalue weighted by Gasteiger charge is 2.38. The lowest BCUT2D eigenvalue weighted by Gasteiger charge is -2.31. The highest BCUT2D eigenvalue weighted by atomic mass is 15.2. The second-order valence-corrected chi connectivity index (χ2v) is 11.7. The Balaban J connectivity index is 1.08. The number of rotatable bonds is 6. The molecule has 0 spiro atoms. The lowest BCUT2D eigenvalue weighted by atomic mass is 9.87. The minimum absolute atomic E-state index is 0.481. The van der Waals surface area contributed by atoms with E-state index in [0.29, 0.717) is 12.0 Å². The zero-order valence-corrected chi connectivity index (χ0v) is 24.6. The molecule has 0 N–H and O–H groups in total. The van der Waals surface area contributed by atoms with E-state index in [0.717, 1.165) is 23.5 Å². The molecule has 1 aliphatic heterocycles. The average Bonchev–Trinajstić information content (AvgIpc) is 3.44. The number of benzene rings is 6. The van der Waals surface area contributed by atoms with Crippen molar-refractivity contribution in [3.05, 3.63) is 175 Å². The van der Waals surface area contributed by atoms with Gasteiger partial charge >= 0.3 is 0 Å². The van der Waals surface area contributed by atoms with E-state index in [4.69, 9.17) is 0 Å². The molecule has 1 aliphatic carbocycles. The van der Waals surface area contributed by atoms with Crippen LogP contribution in [-0.2, 0) is 0 Å². The molecule has 44 heavy (non-hydrogen) atoms. The van der Waals surface area contributed by atoms with Crippen LogP contribution in [0.4, 0.5) is 28.4 Å². The number of hydrogen-bond acceptors (Lipinski definition) is 2. The summed E-state index contributed by atoms with van der Waals surface area (Å²) in [6.45, 7) is 0. The van der Waals surface area contributed by atoms with Crippen molar-refractivity contribution >= 4 is 28.4 Å². The first-order valence-electron chi connectivity index (χ1n) is 15.6. The molecule has 0 radical (unpaired) electrons. The summed E-state index contributed by atoms with van der Waals surface area (Å²) in [5.41, 5.74) is 12.4. The lowest BCUT2D eigenvalue weighted by molar-refractivity contribution is 0.565. The van der Waals surface area contributed by atoms with Gasteiger partial charge < -0.3 is 9.80 Å². The second-order valence-electron chi connectivity index (χ2n) is 11.7. The van der Waals surface area contributed by atoms with E-state index in [2.05, 4.69) is 180 Å². The average molecular weight is 567 g/mol. The molecule has 2 unspecified atom stereocenters. The van der Waals surface area contributed by atoms with Gasteiger partial charge in [0.2, 0.25) is 0 Å². The fourth-order valence-electron chi connectivity index (χ4n) is 6.99. The zero-order chi connectivity index (χ0) is 29.3. The molecule has 1 heterocycles. The maximum absolute atomic E-state index is 2.57. The standard InChI is InChI=1S/C42H34N2/c1-3-11-31(12-4-1)32-19-25-36(26-20-32)43(35-13-5-2-6-14-35)37-27-21-33(22-28-37)34-23-29-38(30-24-34)44-41-17-9-7-15-39(41)40-16-8-10-18-42(40)44/h1-9,11-17,19-30,40,42H,10,18H2. The Morgan fingerprint density at radius 3 is 1.61 bits per heavy atom. The van der Waals surface area contributed by atoms with Gasteiger partial charge in [-0.25, -0.2) is 0 Å². The van der Waals surface area contributed by atoms with Crippen LogP contribution in [0.5, 0.6) is 0 Å². The summed E-state index contributed by atoms with van der Waals surface area (Å²) in [7, 11) is 0. The molecule has 2 heteroatoms. The summed E-state index contributed by atoms with van der Waals surface area (Å²) in [6.07, 6.45) is 7.10. The molecule has 8 rings (SSSR count). The van der Waals surface area contributed by atoms with E-state index in [9.17, 15) is 0 Å². The SMILES string of the molecule is C1=CC2c3ccccc3N(c3ccc(-c4ccc(N(c5ccccc5)c5ccc(-c6ccccc6)cc5)cc4)cc3)C2CC1. The summed E-state index contributed by atoms with van der Waals surface area (Å²) in [5.74, 6) is 0.481. The van der Waals surface area contributed by atoms with Crippen LogP contribution in [0.2, 0.25) is 0 Å². The first-order chi connectivity index (χ1) is 21.8. The lowest BCUT2D eigenvalue weighted by Crippen LogP contribution is -2.30. The largest absolute Gasteiger partial charge is 0.337 e. The fourth-order valence-corrected chi connectivity index (χ4v) is 6.99. The Kier molecular flexibility index (Phi) is 6.81. The zero-order valence-electron chi connectivity index (χ0n) is 24.6. The Morgan fingerprint density at radius 2 is 0.977 bits per heavy atom. The maximum Gasteiger partial charge on any atom is 0.0462 e. The number of fused-ring (bicyclic) bond motifs is 3. The van der Waals surface area contributed by atoms with Crippen LogP contribution in [0, 0.1) is 0 Å². The van der Waals surface area contributed by atoms with Crippen LogP contribution in [0.1, 0.15) is 24.3 Å². The maximum atomic E-state index is 2.57. The Hall–Kier alpha value is -5.34. The van der Waals surface area contributed by atoms with Crippen molar-refractivity contribution < 1.29 is 0 Å². The van der Waals surface area contributed by atoms with Crippen molar-refractivity contribution in [1.29, 1.82) is 0 Å². The number of allylic oxidation sites excluding steroid dienone is 1. The number of anilines is 5. The highest BCUT2D eigenvalue weighted by molar-refractivity contribution is 5.80. The third-order valence-electron chi connectivity index (χ3n) is 9.13. The van der Waals surface area contributed by atoms with Crippen LogP contribution in [-0.4, -0.2) is 6.04 Å². The van der Waals surface area contributed by atoms with E-state index in [1.54, 1.807) is 0 Å². The monoisotopic (exact) mass is 566 g/mol. The van der Waals surface area contributed by atoms with Gasteiger partial charge in [0.25, 0.3) is 0 Å². The topological polar surface area (TPSA) is 6.48 Å². The molecule has 2 aliphatic rings. The van der Waals surface area contributed by atoms with E-state index < -0.39 is 0 Å². The summed E-state index contributed by atoms with van der Waals surface area (Å²) in [6, 6.07) is 57.5. The molecule has 0 aromatic heterocycles. The Bertz CT molecular complexity index is 1890. The van der Waals surface area contributed by atoms with Gasteiger partial charge in [0.05, 0.1) is 0 Å². The first kappa shape index (κ1) is 26.3. The molecule has 212 valence electrons. The van der Waals surface area contributed by atoms with E-state index >= 15 is 0 Å². The summed E-state index contributed by atoms with van der Waals surface area (Å²) in [5, 5.41) is 0. The smallest absolute Gasteiger partial charge is 0.0462 e. The van der Waals surface area contributed by atoms with E-state index in [1.807, 2.05) is 0 Å². The van der Waals surface area contributed by atoms with E-state index in [1.165, 1.54) is 45.6 Å². The summed E-state index contributed by atoms with van der Waals surface area (Å²) >= 11 is 0. The minimum atomic E-state index is 0.481. The second kappa shape index (κ2) is 11.4. The van der Waals surface area contributed by atoms with E-state index in [-0.39, 0.29) is 0 Å². The van der Waals surface area contributed by atoms with Gasteiger partial charge in [-0.1, -0.05) is 115 Å². The quantitative estimate of drug-likeness (QED) is 0.185. The molecular formula is C42H34N2. The first-order valence-corrected chi connectivity index (χ1v) is 15.6. The van der Waals surface area contributed by atoms with Gasteiger partial charge in [-0.15, -0.1) is 0 Å². The number of nitrogens with zero attached hydrogens (tertiary/aromatic N) is 2. The molecule has 0 saturated heterocycles. The van der Waals surface area contributed by atoms with Gasteiger partial charge in [0.15, 0.2) is 0 Å². The van der Waals surface area contributed by atoms with Gasteiger partial charge in [-0.2, -0.15) is 0 Å². The molecule has 0 amide bonds. The molecule has 6 aromatic carbocycles. The van der Waals surface area contributed by atoms with Gasteiger partial charge in [-0.3, -0.25) is 0 Å². The molecule has 2 nitrogen and oxygen atoms in total. The van der Waals surface area contributed by atoms with Crippen molar-refractivity contribution in [1.82, 2.24) is 0 Å². The van der Waals surface area contributed by atoms with Gasteiger partial charge in [0, 0.05) is 40.4 Å². The normalized spacial score (nSPS) is 16.8. The third-order valence-corrected chi connectivity index (χ3v) is 9.13. The van der Waals surface area contributed by atoms with Crippen LogP contribution < -0.4 is 9.80 Å². The molecule has 0 bridgehead atoms. The Morgan fingerprint density at radius 1 is 0.477 bits per heavy atom. The van der Waals surface area contributed by atoms with Gasteiger partial charge in [-0.05, 0) is 95.3 Å². The third kappa shape index (κ3) is 4.79. The van der Waals surface area contributed by atoms with Crippen molar-refractivity contribution in [3.8, 4) is 22.3 Å². The fraction of sp³-hybridized carbons (Fsp3) is 0.0952. The van der Waals surface area contributed by atoms with Crippen LogP contribution in [0.3, 0.4) is 0 Å². The van der Waals surface area contributed by atoms with Crippen molar-refractivity contribution in [3.63, 3.8) is 0 Å². The minimum Gasteiger partial charge on any atom is -0.337 e. The van der Waals surface area contributed by atoms with Crippen LogP contribution >= 0.6 is 0 Å². The van der Waals surface area contributed by atoms with Crippen LogP contribution in [0.25, 0.3) is 22.3 Å². The predicted molar refractivity (Wildman–Crippen MR) is 185 cm³/mol. The summed E-state index contributed by atoms with van der Waals surface area (Å²) in [4.78, 5) is 4.89. The molecule has 6 aromatic rings. The van der Waals surface area contributed by atoms with Crippen molar-refractivity contribution in [2.75, 3.05) is 9.80 Å². The van der Waals surface area contributed by atoms with Gasteiger partial charge in [0.1, 0.15) is 0 Å². The summed E-state index contributed by atoms with van der Waals surface area (Å²) < 4.78 is 0. The molecule has 2 atom stereocenters. The predicted octanol–water partition coefficient (Wildman–Crippen LogP) is 11.4. The number of hydrogen-bond donors (Lipinski definition) is 0. The number of para-hydroxylation sites is 2. The molecular weight excluding hydrogens is 532 g/mol. The Labute approximate surface area is 260 Å². The molecule has 0 fully saturated rings. The van der Waals surface area contributed by atoms with Crippen molar-refractivity contribution in [2.45, 2.75) is 24.8 Å². The highest BCUT2D eigenvalue weighted by Crippen LogP contribution is 2.49. The van der Waals surface area contributed by atoms with Crippen LogP contribution in [0.15, 0.2) is 170 Å². The molecule has 0 saturated carbocycles. The van der Waals surface area contributed by atoms with Crippen molar-refractivity contribution in [2.24, 2.45) is 0 Å².